The fourth-order valence-corrected chi connectivity index (χ4v) is 6.77. The normalized spacial score (nSPS) is 19.2. The minimum absolute atomic E-state index is 0.0188. The molecule has 2 aliphatic heterocycles. The average Bonchev–Trinajstić information content (AvgIpc) is 3.60. The third-order valence-electron chi connectivity index (χ3n) is 8.13. The minimum Gasteiger partial charge on any atom is -0.462 e. The van der Waals surface area contributed by atoms with Crippen molar-refractivity contribution in [3.05, 3.63) is 53.8 Å². The molecular formula is C30H28F3N7O2S. The Morgan fingerprint density at radius 2 is 2.05 bits per heavy atom. The molecule has 9 nitrogen and oxygen atoms in total. The Labute approximate surface area is 249 Å². The van der Waals surface area contributed by atoms with E-state index in [-0.39, 0.29) is 55.1 Å². The molecule has 2 aliphatic rings. The molecule has 6 rings (SSSR count). The average molecular weight is 608 g/mol. The highest BCUT2D eigenvalue weighted by Gasteiger charge is 2.34. The molecule has 0 radical (unpaired) electrons. The van der Waals surface area contributed by atoms with Crippen molar-refractivity contribution in [3.8, 4) is 23.3 Å². The summed E-state index contributed by atoms with van der Waals surface area (Å²) in [6.07, 6.45) is 3.42. The van der Waals surface area contributed by atoms with Crippen molar-refractivity contribution in [1.29, 1.82) is 5.26 Å². The van der Waals surface area contributed by atoms with Gasteiger partial charge in [-0.2, -0.15) is 15.2 Å². The van der Waals surface area contributed by atoms with Crippen molar-refractivity contribution in [2.75, 3.05) is 44.7 Å². The molecule has 0 aliphatic carbocycles. The topological polar surface area (TPSA) is 98.5 Å². The maximum atomic E-state index is 16.4. The number of amides is 1. The van der Waals surface area contributed by atoms with Gasteiger partial charge in [-0.1, -0.05) is 24.8 Å². The van der Waals surface area contributed by atoms with Crippen molar-refractivity contribution in [1.82, 2.24) is 24.8 Å². The molecule has 13 heteroatoms. The molecule has 5 heterocycles. The Morgan fingerprint density at radius 3 is 2.79 bits per heavy atom. The summed E-state index contributed by atoms with van der Waals surface area (Å²) in [5, 5.41) is 11.5. The van der Waals surface area contributed by atoms with Crippen LogP contribution in [0.15, 0.2) is 42.2 Å². The summed E-state index contributed by atoms with van der Waals surface area (Å²) in [6.45, 7) is 4.84. The number of halogens is 3. The second-order valence-corrected chi connectivity index (χ2v) is 11.6. The minimum atomic E-state index is -1.10. The fourth-order valence-electron chi connectivity index (χ4n) is 5.84. The number of thiophene rings is 1. The van der Waals surface area contributed by atoms with Crippen molar-refractivity contribution in [3.63, 3.8) is 0 Å². The van der Waals surface area contributed by atoms with Gasteiger partial charge in [-0.25, -0.2) is 13.2 Å². The molecule has 0 bridgehead atoms. The molecule has 2 fully saturated rings. The largest absolute Gasteiger partial charge is 0.462 e. The van der Waals surface area contributed by atoms with Crippen LogP contribution in [0.1, 0.15) is 19.3 Å². The van der Waals surface area contributed by atoms with Gasteiger partial charge in [0, 0.05) is 52.9 Å². The van der Waals surface area contributed by atoms with E-state index in [1.807, 2.05) is 11.9 Å². The zero-order chi connectivity index (χ0) is 30.2. The van der Waals surface area contributed by atoms with Crippen molar-refractivity contribution in [2.45, 2.75) is 31.3 Å². The molecule has 1 amide bonds. The van der Waals surface area contributed by atoms with Crippen molar-refractivity contribution < 1.29 is 22.7 Å². The van der Waals surface area contributed by atoms with Crippen molar-refractivity contribution in [2.24, 2.45) is 0 Å². The number of fused-ring (bicyclic) bond motifs is 2. The number of hydrogen-bond acceptors (Lipinski definition) is 9. The summed E-state index contributed by atoms with van der Waals surface area (Å²) in [7, 11) is 2.02. The number of nitrogens with zero attached hydrogens (tertiary/aromatic N) is 7. The van der Waals surface area contributed by atoms with Gasteiger partial charge in [0.2, 0.25) is 0 Å². The molecule has 43 heavy (non-hydrogen) atoms. The lowest BCUT2D eigenvalue weighted by Crippen LogP contribution is -2.55. The van der Waals surface area contributed by atoms with Crippen LogP contribution >= 0.6 is 11.3 Å². The number of benzene rings is 1. The first-order valence-electron chi connectivity index (χ1n) is 13.9. The smallest absolute Gasteiger partial charge is 0.319 e. The van der Waals surface area contributed by atoms with Gasteiger partial charge in [-0.05, 0) is 26.4 Å². The van der Waals surface area contributed by atoms with E-state index >= 15 is 4.39 Å². The van der Waals surface area contributed by atoms with Crippen LogP contribution in [-0.4, -0.2) is 82.6 Å². The standard InChI is InChI=1S/C30H28F3N7O2S/c1-17(31)29(41)40-12-11-39(14-18(40)8-9-34)28-22-13-35-25(21-7-3-6-20-23(32)16-43-27(20)21)24(33)26(22)36-30(37-28)42-15-19-5-4-10-38(19)2/h3,6-7,13,16,18-19H,1,4-5,8,10-12,14-15H2,2H3/t18-,19-/m0/s1. The van der Waals surface area contributed by atoms with Crippen LogP contribution in [0.25, 0.3) is 32.2 Å². The molecular weight excluding hydrogens is 579 g/mol. The van der Waals surface area contributed by atoms with Crippen LogP contribution in [0.2, 0.25) is 0 Å². The Balaban J connectivity index is 1.44. The number of hydrogen-bond donors (Lipinski definition) is 0. The third kappa shape index (κ3) is 5.36. The molecule has 0 unspecified atom stereocenters. The summed E-state index contributed by atoms with van der Waals surface area (Å²) in [6, 6.07) is 6.52. The van der Waals surface area contributed by atoms with Gasteiger partial charge in [0.25, 0.3) is 5.91 Å². The number of piperazine rings is 1. The molecule has 2 atom stereocenters. The summed E-state index contributed by atoms with van der Waals surface area (Å²) in [4.78, 5) is 31.3. The highest BCUT2D eigenvalue weighted by atomic mass is 32.1. The highest BCUT2D eigenvalue weighted by Crippen LogP contribution is 2.38. The van der Waals surface area contributed by atoms with E-state index in [0.29, 0.717) is 33.5 Å². The Kier molecular flexibility index (Phi) is 7.89. The summed E-state index contributed by atoms with van der Waals surface area (Å²) < 4.78 is 51.1. The van der Waals surface area contributed by atoms with Crippen LogP contribution < -0.4 is 9.64 Å². The molecule has 2 saturated heterocycles. The van der Waals surface area contributed by atoms with Crippen LogP contribution in [0.5, 0.6) is 6.01 Å². The second kappa shape index (κ2) is 11.8. The Morgan fingerprint density at radius 1 is 1.21 bits per heavy atom. The first kappa shape index (κ1) is 28.8. The maximum Gasteiger partial charge on any atom is 0.319 e. The van der Waals surface area contributed by atoms with E-state index in [4.69, 9.17) is 4.74 Å². The van der Waals surface area contributed by atoms with Crippen molar-refractivity contribution >= 4 is 44.1 Å². The number of likely N-dealkylation sites (tertiary alicyclic amines) is 1. The number of carbonyl (C=O) groups is 1. The maximum absolute atomic E-state index is 16.4. The molecule has 3 aromatic heterocycles. The van der Waals surface area contributed by atoms with Gasteiger partial charge in [-0.3, -0.25) is 9.78 Å². The van der Waals surface area contributed by atoms with Gasteiger partial charge >= 0.3 is 6.01 Å². The van der Waals surface area contributed by atoms with Gasteiger partial charge in [0.15, 0.2) is 11.6 Å². The Bertz CT molecular complexity index is 1770. The highest BCUT2D eigenvalue weighted by molar-refractivity contribution is 7.17. The van der Waals surface area contributed by atoms with E-state index < -0.39 is 23.6 Å². The molecule has 222 valence electrons. The monoisotopic (exact) mass is 607 g/mol. The van der Waals surface area contributed by atoms with Crippen LogP contribution in [-0.2, 0) is 4.79 Å². The van der Waals surface area contributed by atoms with Crippen LogP contribution in [0.3, 0.4) is 0 Å². The number of carbonyl (C=O) groups excluding carboxylic acids is 1. The van der Waals surface area contributed by atoms with Crippen LogP contribution in [0, 0.1) is 23.0 Å². The quantitative estimate of drug-likeness (QED) is 0.269. The zero-order valence-electron chi connectivity index (χ0n) is 23.4. The van der Waals surface area contributed by atoms with Gasteiger partial charge in [0.05, 0.1) is 23.9 Å². The Hall–Kier alpha value is -4.28. The number of rotatable bonds is 7. The number of likely N-dealkylation sites (N-methyl/N-ethyl adjacent to an activating group) is 1. The number of anilines is 1. The first-order chi connectivity index (χ1) is 20.8. The summed E-state index contributed by atoms with van der Waals surface area (Å²) >= 11 is 1.17. The predicted octanol–water partition coefficient (Wildman–Crippen LogP) is 5.07. The lowest BCUT2D eigenvalue weighted by atomic mass is 10.1. The predicted molar refractivity (Wildman–Crippen MR) is 157 cm³/mol. The van der Waals surface area contributed by atoms with E-state index in [2.05, 4.69) is 32.5 Å². The third-order valence-corrected chi connectivity index (χ3v) is 9.13. The molecule has 0 saturated carbocycles. The zero-order valence-corrected chi connectivity index (χ0v) is 24.2. The van der Waals surface area contributed by atoms with Gasteiger partial charge in [0.1, 0.15) is 29.5 Å². The van der Waals surface area contributed by atoms with E-state index in [1.165, 1.54) is 27.8 Å². The number of pyridine rings is 1. The second-order valence-electron chi connectivity index (χ2n) is 10.7. The molecule has 0 spiro atoms. The molecule has 0 N–H and O–H groups in total. The van der Waals surface area contributed by atoms with Crippen LogP contribution in [0.4, 0.5) is 19.0 Å². The first-order valence-corrected chi connectivity index (χ1v) is 14.8. The molecule has 1 aromatic carbocycles. The number of aromatic nitrogens is 3. The lowest BCUT2D eigenvalue weighted by molar-refractivity contribution is -0.131. The SMILES string of the molecule is C=C(F)C(=O)N1CCN(c2nc(OC[C@@H]3CCCN3C)nc3c(F)c(-c4cccc5c(F)csc45)ncc23)C[C@@H]1CC#N. The molecule has 4 aromatic rings. The van der Waals surface area contributed by atoms with Gasteiger partial charge in [-0.15, -0.1) is 11.3 Å². The number of nitriles is 1. The summed E-state index contributed by atoms with van der Waals surface area (Å²) in [5.74, 6) is -2.74. The number of ether oxygens (including phenoxy) is 1. The fraction of sp³-hybridized carbons (Fsp3) is 0.367. The lowest BCUT2D eigenvalue weighted by Gasteiger charge is -2.41. The van der Waals surface area contributed by atoms with E-state index in [9.17, 15) is 18.8 Å². The van der Waals surface area contributed by atoms with E-state index in [1.54, 1.807) is 18.2 Å². The summed E-state index contributed by atoms with van der Waals surface area (Å²) in [5.41, 5.74) is 0.435. The van der Waals surface area contributed by atoms with Gasteiger partial charge < -0.3 is 19.4 Å². The van der Waals surface area contributed by atoms with E-state index in [0.717, 1.165) is 19.4 Å².